The number of rotatable bonds is 8. The minimum atomic E-state index is -4.45. The lowest BCUT2D eigenvalue weighted by Crippen LogP contribution is -2.40. The van der Waals surface area contributed by atoms with Gasteiger partial charge in [-0.1, -0.05) is 50.2 Å². The summed E-state index contributed by atoms with van der Waals surface area (Å²) in [6.45, 7) is 9.63. The molecule has 0 unspecified atom stereocenters. The van der Waals surface area contributed by atoms with Crippen molar-refractivity contribution in [3.63, 3.8) is 0 Å². The molecule has 0 aliphatic carbocycles. The summed E-state index contributed by atoms with van der Waals surface area (Å²) in [6, 6.07) is 13.8. The van der Waals surface area contributed by atoms with Crippen molar-refractivity contribution >= 4 is 23.0 Å². The van der Waals surface area contributed by atoms with Crippen molar-refractivity contribution in [2.75, 3.05) is 44.7 Å². The summed E-state index contributed by atoms with van der Waals surface area (Å²) in [5.74, 6) is 0.435. The fourth-order valence-electron chi connectivity index (χ4n) is 3.82. The molecule has 4 nitrogen and oxygen atoms in total. The van der Waals surface area contributed by atoms with Crippen LogP contribution in [0.5, 0.6) is 0 Å². The number of morpholine rings is 1. The molecule has 0 atom stereocenters. The molecule has 33 heavy (non-hydrogen) atoms. The summed E-state index contributed by atoms with van der Waals surface area (Å²) in [4.78, 5) is 4.29. The van der Waals surface area contributed by atoms with Gasteiger partial charge in [-0.2, -0.15) is 13.2 Å². The maximum atomic E-state index is 13.4. The molecule has 0 aromatic heterocycles. The zero-order valence-corrected chi connectivity index (χ0v) is 20.0. The molecule has 1 aliphatic heterocycles. The first-order valence-electron chi connectivity index (χ1n) is 11.3. The first-order chi connectivity index (χ1) is 15.7. The number of thiocarbonyl (C=S) groups is 1. The van der Waals surface area contributed by atoms with E-state index in [4.69, 9.17) is 17.0 Å². The number of anilines is 1. The van der Waals surface area contributed by atoms with Crippen molar-refractivity contribution in [2.24, 2.45) is 0 Å². The van der Waals surface area contributed by atoms with Gasteiger partial charge in [0.2, 0.25) is 0 Å². The number of benzene rings is 2. The normalized spacial score (nSPS) is 15.0. The van der Waals surface area contributed by atoms with Gasteiger partial charge in [0.1, 0.15) is 0 Å². The Balaban J connectivity index is 1.71. The smallest absolute Gasteiger partial charge is 0.379 e. The summed E-state index contributed by atoms with van der Waals surface area (Å²) in [5.41, 5.74) is 1.57. The molecule has 1 saturated heterocycles. The van der Waals surface area contributed by atoms with Gasteiger partial charge in [-0.15, -0.1) is 0 Å². The average molecular weight is 480 g/mol. The van der Waals surface area contributed by atoms with Crippen LogP contribution < -0.4 is 5.32 Å². The third kappa shape index (κ3) is 7.69. The zero-order valence-electron chi connectivity index (χ0n) is 19.2. The third-order valence-electron chi connectivity index (χ3n) is 5.79. The maximum Gasteiger partial charge on any atom is 0.418 e. The fraction of sp³-hybridized carbons (Fsp3) is 0.480. The van der Waals surface area contributed by atoms with Gasteiger partial charge in [0.25, 0.3) is 0 Å². The average Bonchev–Trinajstić information content (AvgIpc) is 2.79. The van der Waals surface area contributed by atoms with Crippen LogP contribution in [0.15, 0.2) is 48.5 Å². The van der Waals surface area contributed by atoms with Crippen LogP contribution in [0.4, 0.5) is 18.9 Å². The van der Waals surface area contributed by atoms with Gasteiger partial charge in [0.05, 0.1) is 24.5 Å². The van der Waals surface area contributed by atoms with E-state index in [1.165, 1.54) is 17.7 Å². The number of alkyl halides is 3. The largest absolute Gasteiger partial charge is 0.418 e. The molecule has 1 aliphatic rings. The van der Waals surface area contributed by atoms with Gasteiger partial charge in [-0.05, 0) is 47.8 Å². The number of ether oxygens (including phenoxy) is 1. The van der Waals surface area contributed by atoms with E-state index in [0.29, 0.717) is 24.1 Å². The molecule has 1 fully saturated rings. The minimum absolute atomic E-state index is 0.0247. The minimum Gasteiger partial charge on any atom is -0.379 e. The number of hydrogen-bond donors (Lipinski definition) is 1. The lowest BCUT2D eigenvalue weighted by Gasteiger charge is -2.30. The Hall–Kier alpha value is -2.16. The van der Waals surface area contributed by atoms with Gasteiger partial charge in [-0.25, -0.2) is 0 Å². The molecule has 0 saturated carbocycles. The maximum absolute atomic E-state index is 13.4. The van der Waals surface area contributed by atoms with E-state index in [-0.39, 0.29) is 5.69 Å². The molecule has 0 bridgehead atoms. The predicted molar refractivity (Wildman–Crippen MR) is 130 cm³/mol. The molecular formula is C25H32F3N3OS. The van der Waals surface area contributed by atoms with E-state index in [9.17, 15) is 13.2 Å². The summed E-state index contributed by atoms with van der Waals surface area (Å²) < 4.78 is 45.7. The monoisotopic (exact) mass is 479 g/mol. The molecule has 2 aromatic carbocycles. The van der Waals surface area contributed by atoms with Gasteiger partial charge >= 0.3 is 6.18 Å². The Kier molecular flexibility index (Phi) is 9.11. The summed E-state index contributed by atoms with van der Waals surface area (Å²) in [7, 11) is 0. The van der Waals surface area contributed by atoms with E-state index in [1.807, 2.05) is 4.90 Å². The lowest BCUT2D eigenvalue weighted by molar-refractivity contribution is -0.136. The van der Waals surface area contributed by atoms with Crippen molar-refractivity contribution in [3.05, 3.63) is 65.2 Å². The van der Waals surface area contributed by atoms with Gasteiger partial charge < -0.3 is 15.0 Å². The first-order valence-corrected chi connectivity index (χ1v) is 11.8. The van der Waals surface area contributed by atoms with E-state index < -0.39 is 11.7 Å². The summed E-state index contributed by atoms with van der Waals surface area (Å²) in [5, 5.41) is 3.15. The molecule has 8 heteroatoms. The Labute approximate surface area is 199 Å². The van der Waals surface area contributed by atoms with E-state index in [1.54, 1.807) is 6.07 Å². The highest BCUT2D eigenvalue weighted by Crippen LogP contribution is 2.34. The molecule has 180 valence electrons. The van der Waals surface area contributed by atoms with Crippen LogP contribution in [0, 0.1) is 0 Å². The van der Waals surface area contributed by atoms with Crippen LogP contribution in [-0.2, 0) is 17.5 Å². The Morgan fingerprint density at radius 1 is 1.09 bits per heavy atom. The molecule has 2 aromatic rings. The van der Waals surface area contributed by atoms with Crippen molar-refractivity contribution in [2.45, 2.75) is 38.9 Å². The third-order valence-corrected chi connectivity index (χ3v) is 6.15. The number of hydrogen-bond acceptors (Lipinski definition) is 3. The number of nitrogens with zero attached hydrogens (tertiary/aromatic N) is 2. The highest BCUT2D eigenvalue weighted by molar-refractivity contribution is 7.80. The Morgan fingerprint density at radius 3 is 2.39 bits per heavy atom. The molecule has 0 spiro atoms. The SMILES string of the molecule is CC(C)c1ccc(CN(CCCN2CCOCC2)C(=S)Nc2ccccc2C(F)(F)F)cc1. The first kappa shape index (κ1) is 25.5. The van der Waals surface area contributed by atoms with Crippen LogP contribution >= 0.6 is 12.2 Å². The molecule has 1 heterocycles. The second-order valence-electron chi connectivity index (χ2n) is 8.60. The predicted octanol–water partition coefficient (Wildman–Crippen LogP) is 5.75. The molecule has 3 rings (SSSR count). The quantitative estimate of drug-likeness (QED) is 0.487. The van der Waals surface area contributed by atoms with Crippen LogP contribution in [0.2, 0.25) is 0 Å². The van der Waals surface area contributed by atoms with E-state index in [2.05, 4.69) is 48.3 Å². The second kappa shape index (κ2) is 11.8. The Bertz CT molecular complexity index is 897. The fourth-order valence-corrected chi connectivity index (χ4v) is 4.09. The van der Waals surface area contributed by atoms with Crippen LogP contribution in [0.25, 0.3) is 0 Å². The van der Waals surface area contributed by atoms with Crippen molar-refractivity contribution in [3.8, 4) is 0 Å². The zero-order chi connectivity index (χ0) is 23.8. The molecule has 0 radical (unpaired) electrons. The number of halogens is 3. The molecule has 0 amide bonds. The van der Waals surface area contributed by atoms with E-state index in [0.717, 1.165) is 50.9 Å². The standard InChI is InChI=1S/C25H32F3N3OS/c1-19(2)21-10-8-20(9-11-21)18-31(13-5-12-30-14-16-32-17-15-30)24(33)29-23-7-4-3-6-22(23)25(26,27)28/h3-4,6-11,19H,5,12-18H2,1-2H3,(H,29,33). The van der Waals surface area contributed by atoms with Crippen LogP contribution in [0.3, 0.4) is 0 Å². The van der Waals surface area contributed by atoms with Crippen LogP contribution in [0.1, 0.15) is 42.9 Å². The van der Waals surface area contributed by atoms with Crippen molar-refractivity contribution in [1.82, 2.24) is 9.80 Å². The van der Waals surface area contributed by atoms with Gasteiger partial charge in [0.15, 0.2) is 5.11 Å². The number of para-hydroxylation sites is 1. The van der Waals surface area contributed by atoms with Crippen LogP contribution in [-0.4, -0.2) is 54.3 Å². The van der Waals surface area contributed by atoms with Crippen molar-refractivity contribution < 1.29 is 17.9 Å². The van der Waals surface area contributed by atoms with Crippen molar-refractivity contribution in [1.29, 1.82) is 0 Å². The Morgan fingerprint density at radius 2 is 1.76 bits per heavy atom. The second-order valence-corrected chi connectivity index (χ2v) is 8.99. The highest BCUT2D eigenvalue weighted by atomic mass is 32.1. The lowest BCUT2D eigenvalue weighted by atomic mass is 10.0. The van der Waals surface area contributed by atoms with E-state index >= 15 is 0 Å². The summed E-state index contributed by atoms with van der Waals surface area (Å²) in [6.07, 6.45) is -3.60. The topological polar surface area (TPSA) is 27.7 Å². The highest BCUT2D eigenvalue weighted by Gasteiger charge is 2.33. The molecule has 1 N–H and O–H groups in total. The molecular weight excluding hydrogens is 447 g/mol. The summed E-state index contributed by atoms with van der Waals surface area (Å²) >= 11 is 5.59. The van der Waals surface area contributed by atoms with Gasteiger partial charge in [-0.3, -0.25) is 4.90 Å². The number of nitrogens with one attached hydrogen (secondary N) is 1. The van der Waals surface area contributed by atoms with Gasteiger partial charge in [0, 0.05) is 32.7 Å².